The molecule has 60 heavy (non-hydrogen) atoms. The third kappa shape index (κ3) is 16.1. The molecular formula is C51H57IrN3O5+3. The molecule has 8 nitrogen and oxygen atoms in total. The van der Waals surface area contributed by atoms with Crippen LogP contribution in [-0.4, -0.2) is 45.2 Å². The Morgan fingerprint density at radius 2 is 1.08 bits per heavy atom. The number of benzene rings is 3. The van der Waals surface area contributed by atoms with Gasteiger partial charge in [-0.25, -0.2) is 14.6 Å². The molecule has 0 saturated carbocycles. The van der Waals surface area contributed by atoms with Crippen molar-refractivity contribution in [3.8, 4) is 28.3 Å². The number of ether oxygens (including phenoxy) is 2. The van der Waals surface area contributed by atoms with E-state index in [4.69, 9.17) is 14.6 Å². The van der Waals surface area contributed by atoms with E-state index in [1.54, 1.807) is 30.3 Å². The molecule has 0 bridgehead atoms. The average molecular weight is 984 g/mol. The van der Waals surface area contributed by atoms with Gasteiger partial charge in [0.05, 0.1) is 30.2 Å². The zero-order valence-corrected chi connectivity index (χ0v) is 38.0. The number of nitrogens with zero attached hydrogens (tertiary/aromatic N) is 3. The molecular weight excluding hydrogens is 927 g/mol. The van der Waals surface area contributed by atoms with Gasteiger partial charge in [0.15, 0.2) is 11.4 Å². The van der Waals surface area contributed by atoms with Crippen molar-refractivity contribution in [3.63, 3.8) is 0 Å². The third-order valence-corrected chi connectivity index (χ3v) is 9.31. The van der Waals surface area contributed by atoms with Crippen LogP contribution in [0, 0.1) is 0 Å². The number of aromatic carboxylic acids is 1. The summed E-state index contributed by atoms with van der Waals surface area (Å²) in [5.74, 6) is -1.15. The van der Waals surface area contributed by atoms with Crippen LogP contribution in [0.15, 0.2) is 146 Å². The Morgan fingerprint density at radius 1 is 0.600 bits per heavy atom. The SMILES string of the molecule is C=Cc1ccc(C(=O)OCCCCCCOc2cccnc2C(=O)O)cc1.CC(C)(C)c1ccc(-c2ccccn2)cc1.CC(C)(C)c1ccc(-c2ccccn2)cc1.[Ir+3]. The molecule has 0 atom stereocenters. The second kappa shape index (κ2) is 24.4. The van der Waals surface area contributed by atoms with E-state index in [9.17, 15) is 9.59 Å². The minimum absolute atomic E-state index is 0. The van der Waals surface area contributed by atoms with Gasteiger partial charge < -0.3 is 14.6 Å². The molecule has 0 amide bonds. The van der Waals surface area contributed by atoms with Crippen LogP contribution in [0.5, 0.6) is 5.75 Å². The van der Waals surface area contributed by atoms with E-state index >= 15 is 0 Å². The maximum atomic E-state index is 11.9. The van der Waals surface area contributed by atoms with E-state index in [1.807, 2.05) is 60.9 Å². The van der Waals surface area contributed by atoms with E-state index in [1.165, 1.54) is 28.5 Å². The second-order valence-electron chi connectivity index (χ2n) is 16.0. The molecule has 6 rings (SSSR count). The number of rotatable bonds is 13. The van der Waals surface area contributed by atoms with Crippen molar-refractivity contribution in [1.29, 1.82) is 0 Å². The van der Waals surface area contributed by atoms with Crippen LogP contribution in [0.1, 0.15) is 105 Å². The fraction of sp³-hybridized carbons (Fsp3) is 0.275. The van der Waals surface area contributed by atoms with Crippen LogP contribution < -0.4 is 4.74 Å². The molecule has 9 heteroatoms. The maximum Gasteiger partial charge on any atom is 3.00 e. The largest absolute Gasteiger partial charge is 3.00 e. The molecule has 0 radical (unpaired) electrons. The number of carbonyl (C=O) groups excluding carboxylic acids is 1. The van der Waals surface area contributed by atoms with E-state index in [2.05, 4.69) is 112 Å². The molecule has 6 aromatic rings. The summed E-state index contributed by atoms with van der Waals surface area (Å²) in [5, 5.41) is 9.03. The molecule has 0 fully saturated rings. The smallest absolute Gasteiger partial charge is 0.491 e. The van der Waals surface area contributed by atoms with Gasteiger partial charge in [-0.15, -0.1) is 0 Å². The van der Waals surface area contributed by atoms with Crippen molar-refractivity contribution in [1.82, 2.24) is 15.0 Å². The van der Waals surface area contributed by atoms with Gasteiger partial charge in [-0.05, 0) is 102 Å². The molecule has 3 heterocycles. The van der Waals surface area contributed by atoms with Crippen molar-refractivity contribution in [2.45, 2.75) is 78.1 Å². The Kier molecular flexibility index (Phi) is 19.7. The number of pyridine rings is 3. The van der Waals surface area contributed by atoms with Crippen LogP contribution in [0.25, 0.3) is 28.6 Å². The Hall–Kier alpha value is -5.76. The molecule has 0 saturated heterocycles. The van der Waals surface area contributed by atoms with E-state index < -0.39 is 5.97 Å². The first kappa shape index (κ1) is 48.6. The van der Waals surface area contributed by atoms with Crippen molar-refractivity contribution in [3.05, 3.63) is 174 Å². The van der Waals surface area contributed by atoms with Crippen LogP contribution >= 0.6 is 0 Å². The van der Waals surface area contributed by atoms with Crippen molar-refractivity contribution >= 4 is 18.0 Å². The Balaban J connectivity index is 0.000000251. The minimum Gasteiger partial charge on any atom is -0.491 e. The van der Waals surface area contributed by atoms with Crippen molar-refractivity contribution < 1.29 is 44.3 Å². The van der Waals surface area contributed by atoms with Crippen LogP contribution in [0.3, 0.4) is 0 Å². The van der Waals surface area contributed by atoms with Gasteiger partial charge in [0, 0.05) is 29.7 Å². The molecule has 0 aliphatic heterocycles. The number of aromatic nitrogens is 3. The molecule has 0 aliphatic rings. The monoisotopic (exact) mass is 984 g/mol. The number of carboxylic acid groups (broad SMARTS) is 1. The predicted octanol–water partition coefficient (Wildman–Crippen LogP) is 12.3. The average Bonchev–Trinajstić information content (AvgIpc) is 3.25. The summed E-state index contributed by atoms with van der Waals surface area (Å²) in [6.45, 7) is 17.8. The maximum absolute atomic E-state index is 11.9. The van der Waals surface area contributed by atoms with Gasteiger partial charge in [-0.2, -0.15) is 0 Å². The van der Waals surface area contributed by atoms with Crippen LogP contribution in [-0.2, 0) is 35.7 Å². The number of esters is 1. The van der Waals surface area contributed by atoms with E-state index in [0.29, 0.717) is 18.8 Å². The summed E-state index contributed by atoms with van der Waals surface area (Å²) in [7, 11) is 0. The molecule has 0 spiro atoms. The summed E-state index contributed by atoms with van der Waals surface area (Å²) >= 11 is 0. The normalized spacial score (nSPS) is 10.7. The standard InChI is InChI=1S/C21H23NO5.2C15H17N.Ir/c1-2-16-9-11-17(12-10-16)21(25)27-15-6-4-3-5-14-26-18-8-7-13-22-19(18)20(23)24;2*1-15(2,3)13-9-7-12(8-10-13)14-6-4-5-11-16-14;/h2,7-13H,1,3-6,14-15H2,(H,23,24);2*4-11H,1-3H3;/q;;;+3. The summed E-state index contributed by atoms with van der Waals surface area (Å²) in [6, 6.07) is 39.6. The first-order valence-electron chi connectivity index (χ1n) is 20.0. The Morgan fingerprint density at radius 3 is 1.52 bits per heavy atom. The number of carboxylic acids is 1. The van der Waals surface area contributed by atoms with Gasteiger partial charge in [-0.1, -0.05) is 127 Å². The molecule has 0 aliphatic carbocycles. The Labute approximate surface area is 369 Å². The molecule has 0 unspecified atom stereocenters. The zero-order valence-electron chi connectivity index (χ0n) is 35.6. The fourth-order valence-electron chi connectivity index (χ4n) is 5.76. The topological polar surface area (TPSA) is 112 Å². The summed E-state index contributed by atoms with van der Waals surface area (Å²) in [6.07, 6.45) is 10.1. The van der Waals surface area contributed by atoms with E-state index in [0.717, 1.165) is 42.6 Å². The predicted molar refractivity (Wildman–Crippen MR) is 239 cm³/mol. The second-order valence-corrected chi connectivity index (χ2v) is 16.0. The number of carbonyl (C=O) groups is 2. The van der Waals surface area contributed by atoms with Gasteiger partial charge in [0.2, 0.25) is 0 Å². The van der Waals surface area contributed by atoms with Gasteiger partial charge in [0.1, 0.15) is 0 Å². The fourth-order valence-corrected chi connectivity index (χ4v) is 5.76. The van der Waals surface area contributed by atoms with Gasteiger partial charge >= 0.3 is 32.0 Å². The number of hydrogen-bond acceptors (Lipinski definition) is 7. The third-order valence-electron chi connectivity index (χ3n) is 9.31. The van der Waals surface area contributed by atoms with Crippen molar-refractivity contribution in [2.24, 2.45) is 0 Å². The molecule has 3 aromatic carbocycles. The molecule has 312 valence electrons. The first-order valence-corrected chi connectivity index (χ1v) is 20.0. The van der Waals surface area contributed by atoms with Crippen LogP contribution in [0.2, 0.25) is 0 Å². The van der Waals surface area contributed by atoms with Gasteiger partial charge in [-0.3, -0.25) is 9.97 Å². The molecule has 1 N–H and O–H groups in total. The zero-order chi connectivity index (χ0) is 42.7. The summed E-state index contributed by atoms with van der Waals surface area (Å²) in [5.41, 5.74) is 8.94. The number of hydrogen-bond donors (Lipinski definition) is 1. The molecule has 3 aromatic heterocycles. The number of unbranched alkanes of at least 4 members (excludes halogenated alkanes) is 3. The summed E-state index contributed by atoms with van der Waals surface area (Å²) < 4.78 is 10.7. The van der Waals surface area contributed by atoms with Gasteiger partial charge in [0.25, 0.3) is 0 Å². The van der Waals surface area contributed by atoms with Crippen molar-refractivity contribution in [2.75, 3.05) is 13.2 Å². The first-order chi connectivity index (χ1) is 28.3. The quantitative estimate of drug-likeness (QED) is 0.0900. The van der Waals surface area contributed by atoms with E-state index in [-0.39, 0.29) is 48.3 Å². The Bertz CT molecular complexity index is 2090. The summed E-state index contributed by atoms with van der Waals surface area (Å²) in [4.78, 5) is 35.4. The van der Waals surface area contributed by atoms with Crippen LogP contribution in [0.4, 0.5) is 0 Å². The minimum atomic E-state index is -1.11.